The molecule has 24 heavy (non-hydrogen) atoms. The van der Waals surface area contributed by atoms with Gasteiger partial charge in [0.15, 0.2) is 17.8 Å². The highest BCUT2D eigenvalue weighted by atomic mass is 35.5. The van der Waals surface area contributed by atoms with E-state index in [1.54, 1.807) is 42.5 Å². The quantitative estimate of drug-likeness (QED) is 0.863. The van der Waals surface area contributed by atoms with E-state index in [-0.39, 0.29) is 29.3 Å². The zero-order valence-corrected chi connectivity index (χ0v) is 13.3. The van der Waals surface area contributed by atoms with Crippen molar-refractivity contribution in [3.8, 4) is 0 Å². The number of benzene rings is 2. The Labute approximate surface area is 143 Å². The summed E-state index contributed by atoms with van der Waals surface area (Å²) in [5, 5.41) is 10.5. The van der Waals surface area contributed by atoms with E-state index >= 15 is 0 Å². The minimum atomic E-state index is -1.16. The number of rotatable bonds is 1. The number of carbonyl (C=O) groups is 2. The number of ether oxygens (including phenoxy) is 1. The van der Waals surface area contributed by atoms with Crippen LogP contribution in [0, 0.1) is 0 Å². The molecule has 1 N–H and O–H groups in total. The van der Waals surface area contributed by atoms with Crippen molar-refractivity contribution in [2.24, 2.45) is 0 Å². The SMILES string of the molecule is O=C1C2=C(C(=O)c3ccccc31)[C@H](c1ccccc1Cl)CC(O)O2. The van der Waals surface area contributed by atoms with Crippen LogP contribution in [0.3, 0.4) is 0 Å². The molecule has 4 rings (SSSR count). The number of aliphatic hydroxyl groups is 1. The Morgan fingerprint density at radius 3 is 2.29 bits per heavy atom. The Morgan fingerprint density at radius 2 is 1.58 bits per heavy atom. The summed E-state index contributed by atoms with van der Waals surface area (Å²) in [6, 6.07) is 13.8. The third kappa shape index (κ3) is 2.19. The summed E-state index contributed by atoms with van der Waals surface area (Å²) in [5.74, 6) is -1.18. The molecule has 4 nitrogen and oxygen atoms in total. The Kier molecular flexibility index (Phi) is 3.52. The summed E-state index contributed by atoms with van der Waals surface area (Å²) in [4.78, 5) is 25.7. The summed E-state index contributed by atoms with van der Waals surface area (Å²) in [6.07, 6.45) is -0.990. The van der Waals surface area contributed by atoms with E-state index in [1.807, 2.05) is 6.07 Å². The Balaban J connectivity index is 1.93. The van der Waals surface area contributed by atoms with Gasteiger partial charge in [-0.2, -0.15) is 0 Å². The fourth-order valence-electron chi connectivity index (χ4n) is 3.35. The van der Waals surface area contributed by atoms with E-state index < -0.39 is 12.2 Å². The van der Waals surface area contributed by atoms with Crippen molar-refractivity contribution < 1.29 is 19.4 Å². The summed E-state index contributed by atoms with van der Waals surface area (Å²) < 4.78 is 5.34. The molecule has 2 aliphatic rings. The second-order valence-electron chi connectivity index (χ2n) is 5.83. The maximum Gasteiger partial charge on any atom is 0.228 e. The lowest BCUT2D eigenvalue weighted by atomic mass is 9.77. The van der Waals surface area contributed by atoms with E-state index in [4.69, 9.17) is 16.3 Å². The maximum absolute atomic E-state index is 13.0. The molecule has 1 aliphatic carbocycles. The summed E-state index contributed by atoms with van der Waals surface area (Å²) in [7, 11) is 0. The van der Waals surface area contributed by atoms with E-state index in [9.17, 15) is 14.7 Å². The van der Waals surface area contributed by atoms with Crippen molar-refractivity contribution in [2.45, 2.75) is 18.6 Å². The third-order valence-electron chi connectivity index (χ3n) is 4.43. The topological polar surface area (TPSA) is 63.6 Å². The van der Waals surface area contributed by atoms with Crippen LogP contribution in [-0.4, -0.2) is 23.0 Å². The molecule has 0 radical (unpaired) electrons. The molecule has 0 spiro atoms. The van der Waals surface area contributed by atoms with Gasteiger partial charge in [0, 0.05) is 28.5 Å². The van der Waals surface area contributed by atoms with Crippen molar-refractivity contribution >= 4 is 23.2 Å². The number of hydrogen-bond donors (Lipinski definition) is 1. The van der Waals surface area contributed by atoms with Crippen LogP contribution in [0.2, 0.25) is 5.02 Å². The van der Waals surface area contributed by atoms with Gasteiger partial charge in [-0.25, -0.2) is 0 Å². The fourth-order valence-corrected chi connectivity index (χ4v) is 3.62. The Morgan fingerprint density at radius 1 is 0.958 bits per heavy atom. The molecule has 1 heterocycles. The number of ketones is 2. The first-order valence-electron chi connectivity index (χ1n) is 7.59. The summed E-state index contributed by atoms with van der Waals surface area (Å²) >= 11 is 6.28. The molecular formula is C19H13ClO4. The molecule has 120 valence electrons. The molecule has 2 atom stereocenters. The lowest BCUT2D eigenvalue weighted by molar-refractivity contribution is -0.0796. The average molecular weight is 341 g/mol. The van der Waals surface area contributed by atoms with Crippen molar-refractivity contribution in [2.75, 3.05) is 0 Å². The molecule has 2 aromatic carbocycles. The fraction of sp³-hybridized carbons (Fsp3) is 0.158. The first-order chi connectivity index (χ1) is 11.6. The normalized spacial score (nSPS) is 22.8. The van der Waals surface area contributed by atoms with Gasteiger partial charge < -0.3 is 9.84 Å². The molecule has 0 aromatic heterocycles. The standard InChI is InChI=1S/C19H13ClO4/c20-14-8-4-3-5-10(14)13-9-15(21)24-19-16(13)17(22)11-6-1-2-7-12(11)18(19)23/h1-8,13,15,21H,9H2/t13-,15?/m0/s1. The molecule has 0 saturated carbocycles. The smallest absolute Gasteiger partial charge is 0.228 e. The highest BCUT2D eigenvalue weighted by molar-refractivity contribution is 6.32. The van der Waals surface area contributed by atoms with Gasteiger partial charge in [-0.05, 0) is 11.6 Å². The second-order valence-corrected chi connectivity index (χ2v) is 6.24. The van der Waals surface area contributed by atoms with Gasteiger partial charge in [-0.1, -0.05) is 54.1 Å². The Bertz CT molecular complexity index is 900. The van der Waals surface area contributed by atoms with Gasteiger partial charge in [0.25, 0.3) is 0 Å². The first kappa shape index (κ1) is 15.1. The number of carbonyl (C=O) groups excluding carboxylic acids is 2. The van der Waals surface area contributed by atoms with Crippen LogP contribution in [0.25, 0.3) is 0 Å². The minimum Gasteiger partial charge on any atom is -0.461 e. The lowest BCUT2D eigenvalue weighted by Gasteiger charge is -2.33. The van der Waals surface area contributed by atoms with Crippen LogP contribution in [0.15, 0.2) is 59.9 Å². The van der Waals surface area contributed by atoms with Crippen LogP contribution in [-0.2, 0) is 4.74 Å². The van der Waals surface area contributed by atoms with E-state index in [1.165, 1.54) is 0 Å². The van der Waals surface area contributed by atoms with Gasteiger partial charge in [0.1, 0.15) is 0 Å². The van der Waals surface area contributed by atoms with Crippen LogP contribution >= 0.6 is 11.6 Å². The van der Waals surface area contributed by atoms with Crippen LogP contribution in [0.5, 0.6) is 0 Å². The number of Topliss-reactive ketones (excluding diaryl/α,β-unsaturated/α-hetero) is 2. The number of aliphatic hydroxyl groups excluding tert-OH is 1. The van der Waals surface area contributed by atoms with E-state index in [0.29, 0.717) is 21.7 Å². The number of allylic oxidation sites excluding steroid dienone is 2. The number of fused-ring (bicyclic) bond motifs is 1. The molecule has 5 heteroatoms. The van der Waals surface area contributed by atoms with Crippen LogP contribution in [0.1, 0.15) is 38.6 Å². The molecule has 1 aliphatic heterocycles. The molecule has 1 unspecified atom stereocenters. The van der Waals surface area contributed by atoms with Gasteiger partial charge in [-0.3, -0.25) is 9.59 Å². The van der Waals surface area contributed by atoms with Crippen molar-refractivity contribution in [3.63, 3.8) is 0 Å². The number of hydrogen-bond acceptors (Lipinski definition) is 4. The first-order valence-corrected chi connectivity index (χ1v) is 7.97. The van der Waals surface area contributed by atoms with E-state index in [2.05, 4.69) is 0 Å². The lowest BCUT2D eigenvalue weighted by Crippen LogP contribution is -2.34. The van der Waals surface area contributed by atoms with Crippen molar-refractivity contribution in [1.29, 1.82) is 0 Å². The highest BCUT2D eigenvalue weighted by Crippen LogP contribution is 2.43. The average Bonchev–Trinajstić information content (AvgIpc) is 2.59. The molecule has 2 aromatic rings. The van der Waals surface area contributed by atoms with Crippen molar-refractivity contribution in [3.05, 3.63) is 81.6 Å². The zero-order chi connectivity index (χ0) is 16.8. The highest BCUT2D eigenvalue weighted by Gasteiger charge is 2.42. The van der Waals surface area contributed by atoms with Crippen LogP contribution in [0.4, 0.5) is 0 Å². The predicted octanol–water partition coefficient (Wildman–Crippen LogP) is 3.50. The summed E-state index contributed by atoms with van der Waals surface area (Å²) in [5.41, 5.74) is 1.64. The van der Waals surface area contributed by atoms with Crippen molar-refractivity contribution in [1.82, 2.24) is 0 Å². The minimum absolute atomic E-state index is 0.0673. The predicted molar refractivity (Wildman–Crippen MR) is 88.0 cm³/mol. The van der Waals surface area contributed by atoms with Gasteiger partial charge >= 0.3 is 0 Å². The molecule has 0 fully saturated rings. The van der Waals surface area contributed by atoms with Gasteiger partial charge in [-0.15, -0.1) is 0 Å². The Hall–Kier alpha value is -2.43. The van der Waals surface area contributed by atoms with Crippen LogP contribution < -0.4 is 0 Å². The van der Waals surface area contributed by atoms with E-state index in [0.717, 1.165) is 0 Å². The molecular weight excluding hydrogens is 328 g/mol. The van der Waals surface area contributed by atoms with Gasteiger partial charge in [0.05, 0.1) is 5.57 Å². The molecule has 0 amide bonds. The second kappa shape index (κ2) is 5.58. The monoisotopic (exact) mass is 340 g/mol. The number of halogens is 1. The zero-order valence-electron chi connectivity index (χ0n) is 12.5. The molecule has 0 bridgehead atoms. The molecule has 0 saturated heterocycles. The summed E-state index contributed by atoms with van der Waals surface area (Å²) in [6.45, 7) is 0. The largest absolute Gasteiger partial charge is 0.461 e. The third-order valence-corrected chi connectivity index (χ3v) is 4.78. The van der Waals surface area contributed by atoms with Gasteiger partial charge in [0.2, 0.25) is 5.78 Å². The maximum atomic E-state index is 13.0.